The Balaban J connectivity index is 1.97. The lowest BCUT2D eigenvalue weighted by Gasteiger charge is -2.27. The van der Waals surface area contributed by atoms with Crippen LogP contribution < -0.4 is 10.2 Å². The molecule has 0 fully saturated rings. The van der Waals surface area contributed by atoms with Crippen molar-refractivity contribution in [1.82, 2.24) is 10.2 Å². The van der Waals surface area contributed by atoms with Crippen LogP contribution in [-0.4, -0.2) is 28.5 Å². The fraction of sp³-hybridized carbons (Fsp3) is 0.250. The second kappa shape index (κ2) is 4.89. The molecule has 1 aromatic heterocycles. The summed E-state index contributed by atoms with van der Waals surface area (Å²) in [5, 5.41) is 10.7. The molecule has 98 valence electrons. The third-order valence-corrected chi connectivity index (χ3v) is 2.96. The molecule has 0 saturated heterocycles. The van der Waals surface area contributed by atoms with Crippen molar-refractivity contribution in [2.45, 2.75) is 6.42 Å². The zero-order valence-electron chi connectivity index (χ0n) is 9.97. The number of nitrogens with one attached hydrogen (secondary N) is 1. The summed E-state index contributed by atoms with van der Waals surface area (Å²) in [5.74, 6) is 0.767. The number of para-hydroxylation sites is 2. The maximum atomic E-state index is 11.7. The number of hydrogen-bond acceptors (Lipinski definition) is 5. The Hall–Kier alpha value is -2.08. The minimum atomic E-state index is -0.115. The molecule has 1 amide bonds. The lowest BCUT2D eigenvalue weighted by atomic mass is 10.2. The Morgan fingerprint density at radius 1 is 1.37 bits per heavy atom. The van der Waals surface area contributed by atoms with E-state index >= 15 is 0 Å². The second-order valence-corrected chi connectivity index (χ2v) is 4.45. The van der Waals surface area contributed by atoms with E-state index in [1.165, 1.54) is 0 Å². The van der Waals surface area contributed by atoms with E-state index in [0.29, 0.717) is 24.2 Å². The Labute approximate surface area is 114 Å². The number of rotatable bonds is 3. The molecule has 1 N–H and O–H groups in total. The number of carbonyl (C=O) groups is 1. The van der Waals surface area contributed by atoms with Crippen LogP contribution in [0.15, 0.2) is 28.7 Å². The number of anilines is 3. The van der Waals surface area contributed by atoms with E-state index in [9.17, 15) is 4.79 Å². The van der Waals surface area contributed by atoms with Crippen molar-refractivity contribution in [3.8, 4) is 0 Å². The number of aromatic nitrogens is 2. The van der Waals surface area contributed by atoms with Gasteiger partial charge in [0.2, 0.25) is 11.8 Å². The van der Waals surface area contributed by atoms with Crippen LogP contribution in [0.2, 0.25) is 0 Å². The summed E-state index contributed by atoms with van der Waals surface area (Å²) in [5.41, 5.74) is 1.57. The third-order valence-electron chi connectivity index (χ3n) is 2.77. The van der Waals surface area contributed by atoms with Crippen molar-refractivity contribution in [3.05, 3.63) is 30.2 Å². The third kappa shape index (κ3) is 2.26. The summed E-state index contributed by atoms with van der Waals surface area (Å²) in [7, 11) is 0. The van der Waals surface area contributed by atoms with E-state index in [1.54, 1.807) is 4.90 Å². The molecule has 6 nitrogen and oxygen atoms in total. The van der Waals surface area contributed by atoms with E-state index in [2.05, 4.69) is 15.5 Å². The predicted octanol–water partition coefficient (Wildman–Crippen LogP) is 1.94. The standard InChI is InChI=1S/C12H11ClN4O2/c13-6-5-11-15-16-12(19-11)17-7-10(18)14-8-3-1-2-4-9(8)17/h1-4H,5-7H2,(H,14,18). The van der Waals surface area contributed by atoms with Crippen LogP contribution in [0.3, 0.4) is 0 Å². The summed E-state index contributed by atoms with van der Waals surface area (Å²) >= 11 is 5.63. The minimum absolute atomic E-state index is 0.115. The number of aryl methyl sites for hydroxylation is 1. The normalized spacial score (nSPS) is 14.2. The lowest BCUT2D eigenvalue weighted by molar-refractivity contribution is -0.115. The molecule has 1 aliphatic heterocycles. The number of alkyl halides is 1. The highest BCUT2D eigenvalue weighted by atomic mass is 35.5. The average molecular weight is 279 g/mol. The molecule has 0 radical (unpaired) electrons. The number of amides is 1. The van der Waals surface area contributed by atoms with Gasteiger partial charge in [-0.2, -0.15) is 0 Å². The monoisotopic (exact) mass is 278 g/mol. The molecular weight excluding hydrogens is 268 g/mol. The van der Waals surface area contributed by atoms with Crippen LogP contribution in [0.4, 0.5) is 17.4 Å². The Morgan fingerprint density at radius 3 is 3.05 bits per heavy atom. The topological polar surface area (TPSA) is 71.3 Å². The van der Waals surface area contributed by atoms with Gasteiger partial charge in [-0.25, -0.2) is 0 Å². The number of benzene rings is 1. The first-order chi connectivity index (χ1) is 9.28. The number of carbonyl (C=O) groups excluding carboxylic acids is 1. The number of hydrogen-bond donors (Lipinski definition) is 1. The molecule has 0 unspecified atom stereocenters. The first kappa shape index (κ1) is 12.0. The molecule has 7 heteroatoms. The lowest BCUT2D eigenvalue weighted by Crippen LogP contribution is -2.35. The SMILES string of the molecule is O=C1CN(c2nnc(CCCl)o2)c2ccccc2N1. The van der Waals surface area contributed by atoms with Crippen LogP contribution in [0, 0.1) is 0 Å². The van der Waals surface area contributed by atoms with E-state index < -0.39 is 0 Å². The van der Waals surface area contributed by atoms with Crippen LogP contribution in [0.1, 0.15) is 5.89 Å². The largest absolute Gasteiger partial charge is 0.408 e. The molecule has 2 heterocycles. The minimum Gasteiger partial charge on any atom is -0.408 e. The van der Waals surface area contributed by atoms with Gasteiger partial charge in [-0.3, -0.25) is 9.69 Å². The first-order valence-electron chi connectivity index (χ1n) is 5.82. The molecular formula is C12H11ClN4O2. The predicted molar refractivity (Wildman–Crippen MR) is 70.8 cm³/mol. The van der Waals surface area contributed by atoms with E-state index in [0.717, 1.165) is 11.4 Å². The summed E-state index contributed by atoms with van der Waals surface area (Å²) in [6, 6.07) is 7.77. The zero-order valence-corrected chi connectivity index (χ0v) is 10.7. The maximum absolute atomic E-state index is 11.7. The Bertz CT molecular complexity index is 613. The average Bonchev–Trinajstić information content (AvgIpc) is 2.86. The van der Waals surface area contributed by atoms with Crippen molar-refractivity contribution in [1.29, 1.82) is 0 Å². The first-order valence-corrected chi connectivity index (χ1v) is 6.36. The molecule has 2 aromatic rings. The number of halogens is 1. The number of nitrogens with zero attached hydrogens (tertiary/aromatic N) is 3. The van der Waals surface area contributed by atoms with Crippen molar-refractivity contribution in [2.24, 2.45) is 0 Å². The van der Waals surface area contributed by atoms with Gasteiger partial charge in [-0.05, 0) is 12.1 Å². The van der Waals surface area contributed by atoms with E-state index in [1.807, 2.05) is 24.3 Å². The fourth-order valence-corrected chi connectivity index (χ4v) is 2.10. The molecule has 19 heavy (non-hydrogen) atoms. The Kier molecular flexibility index (Phi) is 3.08. The summed E-state index contributed by atoms with van der Waals surface area (Å²) in [6.07, 6.45) is 0.510. The molecule has 1 aromatic carbocycles. The highest BCUT2D eigenvalue weighted by Gasteiger charge is 2.26. The quantitative estimate of drug-likeness (QED) is 0.869. The number of fused-ring (bicyclic) bond motifs is 1. The Morgan fingerprint density at radius 2 is 2.21 bits per heavy atom. The smallest absolute Gasteiger partial charge is 0.323 e. The highest BCUT2D eigenvalue weighted by Crippen LogP contribution is 2.33. The van der Waals surface area contributed by atoms with E-state index in [4.69, 9.17) is 16.0 Å². The van der Waals surface area contributed by atoms with Crippen molar-refractivity contribution < 1.29 is 9.21 Å². The molecule has 0 spiro atoms. The molecule has 0 atom stereocenters. The van der Waals surface area contributed by atoms with Gasteiger partial charge in [-0.15, -0.1) is 16.7 Å². The second-order valence-electron chi connectivity index (χ2n) is 4.07. The van der Waals surface area contributed by atoms with Gasteiger partial charge in [0.05, 0.1) is 11.4 Å². The van der Waals surface area contributed by atoms with Gasteiger partial charge in [0.25, 0.3) is 0 Å². The summed E-state index contributed by atoms with van der Waals surface area (Å²) in [4.78, 5) is 13.4. The van der Waals surface area contributed by atoms with Crippen LogP contribution in [-0.2, 0) is 11.2 Å². The van der Waals surface area contributed by atoms with Gasteiger partial charge in [0.15, 0.2) is 0 Å². The van der Waals surface area contributed by atoms with Crippen LogP contribution in [0.5, 0.6) is 0 Å². The van der Waals surface area contributed by atoms with Gasteiger partial charge in [0.1, 0.15) is 6.54 Å². The summed E-state index contributed by atoms with van der Waals surface area (Å²) < 4.78 is 5.51. The van der Waals surface area contributed by atoms with Crippen LogP contribution >= 0.6 is 11.6 Å². The molecule has 0 saturated carbocycles. The van der Waals surface area contributed by atoms with Gasteiger partial charge >= 0.3 is 6.01 Å². The van der Waals surface area contributed by atoms with Gasteiger partial charge < -0.3 is 9.73 Å². The van der Waals surface area contributed by atoms with Gasteiger partial charge in [-0.1, -0.05) is 17.2 Å². The van der Waals surface area contributed by atoms with Crippen molar-refractivity contribution in [2.75, 3.05) is 22.6 Å². The molecule has 0 aliphatic carbocycles. The van der Waals surface area contributed by atoms with Crippen molar-refractivity contribution >= 4 is 34.9 Å². The van der Waals surface area contributed by atoms with Gasteiger partial charge in [0, 0.05) is 12.3 Å². The van der Waals surface area contributed by atoms with Crippen molar-refractivity contribution in [3.63, 3.8) is 0 Å². The molecule has 3 rings (SSSR count). The zero-order chi connectivity index (χ0) is 13.2. The highest BCUT2D eigenvalue weighted by molar-refractivity contribution is 6.17. The fourth-order valence-electron chi connectivity index (χ4n) is 1.94. The maximum Gasteiger partial charge on any atom is 0.323 e. The summed E-state index contributed by atoms with van der Waals surface area (Å²) in [6.45, 7) is 0.152. The molecule has 1 aliphatic rings. The molecule has 0 bridgehead atoms. The van der Waals surface area contributed by atoms with E-state index in [-0.39, 0.29) is 12.5 Å². The van der Waals surface area contributed by atoms with Crippen LogP contribution in [0.25, 0.3) is 0 Å².